The number of ether oxygens (including phenoxy) is 1. The van der Waals surface area contributed by atoms with E-state index in [2.05, 4.69) is 31.9 Å². The lowest BCUT2D eigenvalue weighted by molar-refractivity contribution is -0.116. The van der Waals surface area contributed by atoms with E-state index in [1.165, 1.54) is 6.92 Å². The van der Waals surface area contributed by atoms with Crippen LogP contribution in [0.25, 0.3) is 0 Å². The summed E-state index contributed by atoms with van der Waals surface area (Å²) in [5.74, 6) is -0.365. The molecule has 1 unspecified atom stereocenters. The summed E-state index contributed by atoms with van der Waals surface area (Å²) in [5.41, 5.74) is 2.08. The number of hydrogen-bond donors (Lipinski definition) is 0. The quantitative estimate of drug-likeness (QED) is 0.579. The maximum atomic E-state index is 11.8. The standard InChI is InChI=1S/C13H14Br2O3/c1-3-18-13(17)10-6-4-5-9(11(10)7-14)12(15)8(2)16/h4-6,12H,3,7H2,1-2H3. The molecule has 0 aliphatic heterocycles. The average molecular weight is 378 g/mol. The number of rotatable bonds is 5. The lowest BCUT2D eigenvalue weighted by Gasteiger charge is -2.14. The fraction of sp³-hybridized carbons (Fsp3) is 0.385. The van der Waals surface area contributed by atoms with Gasteiger partial charge in [-0.1, -0.05) is 44.0 Å². The van der Waals surface area contributed by atoms with Gasteiger partial charge in [0.25, 0.3) is 0 Å². The van der Waals surface area contributed by atoms with Gasteiger partial charge in [-0.05, 0) is 31.0 Å². The Labute approximate surface area is 123 Å². The molecule has 5 heteroatoms. The second kappa shape index (κ2) is 7.04. The number of halogens is 2. The highest BCUT2D eigenvalue weighted by Crippen LogP contribution is 2.30. The SMILES string of the molecule is CCOC(=O)c1cccc(C(Br)C(C)=O)c1CBr. The third-order valence-corrected chi connectivity index (χ3v) is 4.17. The normalized spacial score (nSPS) is 12.0. The van der Waals surface area contributed by atoms with E-state index >= 15 is 0 Å². The Hall–Kier alpha value is -0.680. The summed E-state index contributed by atoms with van der Waals surface area (Å²) in [7, 11) is 0. The minimum Gasteiger partial charge on any atom is -0.462 e. The first kappa shape index (κ1) is 15.4. The van der Waals surface area contributed by atoms with E-state index in [1.54, 1.807) is 19.1 Å². The van der Waals surface area contributed by atoms with Gasteiger partial charge in [-0.2, -0.15) is 0 Å². The molecule has 0 aliphatic rings. The second-order valence-corrected chi connectivity index (χ2v) is 5.18. The van der Waals surface area contributed by atoms with Crippen LogP contribution in [0.4, 0.5) is 0 Å². The molecule has 0 aromatic heterocycles. The van der Waals surface area contributed by atoms with Gasteiger partial charge in [0.2, 0.25) is 0 Å². The Morgan fingerprint density at radius 1 is 1.39 bits per heavy atom. The van der Waals surface area contributed by atoms with Crippen LogP contribution in [-0.4, -0.2) is 18.4 Å². The molecule has 0 bridgehead atoms. The summed E-state index contributed by atoms with van der Waals surface area (Å²) in [5, 5.41) is 0.493. The highest BCUT2D eigenvalue weighted by atomic mass is 79.9. The second-order valence-electron chi connectivity index (χ2n) is 3.70. The van der Waals surface area contributed by atoms with Crippen molar-refractivity contribution in [3.63, 3.8) is 0 Å². The number of ketones is 1. The van der Waals surface area contributed by atoms with Crippen molar-refractivity contribution < 1.29 is 14.3 Å². The maximum Gasteiger partial charge on any atom is 0.338 e. The molecule has 3 nitrogen and oxygen atoms in total. The Morgan fingerprint density at radius 3 is 2.56 bits per heavy atom. The van der Waals surface area contributed by atoms with Crippen molar-refractivity contribution in [3.05, 3.63) is 34.9 Å². The van der Waals surface area contributed by atoms with Crippen molar-refractivity contribution in [2.75, 3.05) is 6.61 Å². The molecule has 0 radical (unpaired) electrons. The molecule has 0 spiro atoms. The van der Waals surface area contributed by atoms with Crippen LogP contribution in [0.2, 0.25) is 0 Å². The molecule has 98 valence electrons. The van der Waals surface area contributed by atoms with Crippen LogP contribution in [0, 0.1) is 0 Å². The zero-order valence-corrected chi connectivity index (χ0v) is 13.4. The van der Waals surface area contributed by atoms with Crippen molar-refractivity contribution in [2.45, 2.75) is 24.0 Å². The third-order valence-electron chi connectivity index (χ3n) is 2.47. The largest absolute Gasteiger partial charge is 0.462 e. The molecule has 0 heterocycles. The minimum atomic E-state index is -0.403. The molecule has 0 saturated carbocycles. The monoisotopic (exact) mass is 376 g/mol. The van der Waals surface area contributed by atoms with E-state index in [1.807, 2.05) is 6.07 Å². The molecule has 1 atom stereocenters. The number of alkyl halides is 2. The van der Waals surface area contributed by atoms with Crippen molar-refractivity contribution >= 4 is 43.6 Å². The van der Waals surface area contributed by atoms with Gasteiger partial charge in [-0.3, -0.25) is 4.79 Å². The zero-order valence-electron chi connectivity index (χ0n) is 10.2. The topological polar surface area (TPSA) is 43.4 Å². The lowest BCUT2D eigenvalue weighted by Crippen LogP contribution is -2.12. The van der Waals surface area contributed by atoms with Crippen LogP contribution >= 0.6 is 31.9 Å². The fourth-order valence-corrected chi connectivity index (χ4v) is 2.67. The van der Waals surface area contributed by atoms with E-state index < -0.39 is 4.83 Å². The van der Waals surface area contributed by atoms with Gasteiger partial charge in [-0.15, -0.1) is 0 Å². The number of carbonyl (C=O) groups is 2. The van der Waals surface area contributed by atoms with E-state index in [0.717, 1.165) is 11.1 Å². The molecular formula is C13H14Br2O3. The highest BCUT2D eigenvalue weighted by molar-refractivity contribution is 9.09. The number of Topliss-reactive ketones (excluding diaryl/α,β-unsaturated/α-hetero) is 1. The molecule has 0 fully saturated rings. The lowest BCUT2D eigenvalue weighted by atomic mass is 9.98. The average Bonchev–Trinajstić information content (AvgIpc) is 2.36. The first-order valence-electron chi connectivity index (χ1n) is 5.52. The minimum absolute atomic E-state index is 0.00166. The molecule has 1 aromatic carbocycles. The summed E-state index contributed by atoms with van der Waals surface area (Å²) < 4.78 is 5.01. The molecule has 1 rings (SSSR count). The molecule has 0 saturated heterocycles. The number of carbonyl (C=O) groups excluding carboxylic acids is 2. The van der Waals surface area contributed by atoms with Crippen molar-refractivity contribution in [2.24, 2.45) is 0 Å². The van der Waals surface area contributed by atoms with Gasteiger partial charge in [0.15, 0.2) is 0 Å². The van der Waals surface area contributed by atoms with Gasteiger partial charge in [0.05, 0.1) is 17.0 Å². The fourth-order valence-electron chi connectivity index (χ4n) is 1.61. The van der Waals surface area contributed by atoms with E-state index in [0.29, 0.717) is 17.5 Å². The number of benzene rings is 1. The van der Waals surface area contributed by atoms with E-state index in [9.17, 15) is 9.59 Å². The van der Waals surface area contributed by atoms with Crippen LogP contribution in [-0.2, 0) is 14.9 Å². The van der Waals surface area contributed by atoms with Gasteiger partial charge >= 0.3 is 5.97 Å². The van der Waals surface area contributed by atoms with Crippen LogP contribution in [0.3, 0.4) is 0 Å². The van der Waals surface area contributed by atoms with E-state index in [-0.39, 0.29) is 11.8 Å². The predicted molar refractivity (Wildman–Crippen MR) is 77.4 cm³/mol. The number of hydrogen-bond acceptors (Lipinski definition) is 3. The Morgan fingerprint density at radius 2 is 2.06 bits per heavy atom. The third kappa shape index (κ3) is 3.42. The van der Waals surface area contributed by atoms with Crippen LogP contribution in [0.1, 0.15) is 40.2 Å². The summed E-state index contributed by atoms with van der Waals surface area (Å²) in [6.45, 7) is 3.60. The summed E-state index contributed by atoms with van der Waals surface area (Å²) in [6.07, 6.45) is 0. The van der Waals surface area contributed by atoms with Crippen LogP contribution in [0.5, 0.6) is 0 Å². The molecule has 1 aromatic rings. The Balaban J connectivity index is 3.26. The Bertz CT molecular complexity index is 458. The highest BCUT2D eigenvalue weighted by Gasteiger charge is 2.21. The molecular weight excluding hydrogens is 364 g/mol. The van der Waals surface area contributed by atoms with Crippen LogP contribution in [0.15, 0.2) is 18.2 Å². The molecule has 0 N–H and O–H groups in total. The summed E-state index contributed by atoms with van der Waals surface area (Å²) in [4.78, 5) is 22.9. The smallest absolute Gasteiger partial charge is 0.338 e. The van der Waals surface area contributed by atoms with Gasteiger partial charge in [-0.25, -0.2) is 4.79 Å². The van der Waals surface area contributed by atoms with Gasteiger partial charge in [0.1, 0.15) is 5.78 Å². The van der Waals surface area contributed by atoms with Crippen molar-refractivity contribution in [1.82, 2.24) is 0 Å². The summed E-state index contributed by atoms with van der Waals surface area (Å²) in [6, 6.07) is 5.29. The van der Waals surface area contributed by atoms with Crippen LogP contribution < -0.4 is 0 Å². The molecule has 0 amide bonds. The Kier molecular flexibility index (Phi) is 6.02. The van der Waals surface area contributed by atoms with Crippen molar-refractivity contribution in [3.8, 4) is 0 Å². The van der Waals surface area contributed by atoms with Crippen molar-refractivity contribution in [1.29, 1.82) is 0 Å². The maximum absolute atomic E-state index is 11.8. The molecule has 18 heavy (non-hydrogen) atoms. The first-order chi connectivity index (χ1) is 8.52. The zero-order chi connectivity index (χ0) is 13.7. The van der Waals surface area contributed by atoms with Gasteiger partial charge < -0.3 is 4.74 Å². The first-order valence-corrected chi connectivity index (χ1v) is 7.56. The number of esters is 1. The van der Waals surface area contributed by atoms with Gasteiger partial charge in [0, 0.05) is 5.33 Å². The summed E-state index contributed by atoms with van der Waals surface area (Å²) >= 11 is 6.70. The predicted octanol–water partition coefficient (Wildman–Crippen LogP) is 3.78. The molecule has 0 aliphatic carbocycles. The van der Waals surface area contributed by atoms with E-state index in [4.69, 9.17) is 4.74 Å².